The van der Waals surface area contributed by atoms with Crippen LogP contribution in [0.5, 0.6) is 5.88 Å². The van der Waals surface area contributed by atoms with Crippen molar-refractivity contribution < 1.29 is 9.66 Å². The van der Waals surface area contributed by atoms with E-state index in [2.05, 4.69) is 29.0 Å². The van der Waals surface area contributed by atoms with Crippen LogP contribution in [0.1, 0.15) is 25.5 Å². The van der Waals surface area contributed by atoms with Crippen molar-refractivity contribution in [2.45, 2.75) is 26.7 Å². The van der Waals surface area contributed by atoms with Crippen molar-refractivity contribution in [1.82, 2.24) is 9.97 Å². The highest BCUT2D eigenvalue weighted by molar-refractivity contribution is 6.28. The van der Waals surface area contributed by atoms with Gasteiger partial charge in [-0.05, 0) is 43.2 Å². The van der Waals surface area contributed by atoms with E-state index in [1.165, 1.54) is 6.92 Å². The summed E-state index contributed by atoms with van der Waals surface area (Å²) in [6, 6.07) is 0. The number of rotatable bonds is 4. The standard InChI is InChI=1S/C13H16ClN3O3/c1-8-5-3-4-6-10(8)7-20-12-11(17(18)19)9(2)15-13(14)16-12/h3-4,8,10H,5-7H2,1-2H3. The quantitative estimate of drug-likeness (QED) is 0.369. The minimum atomic E-state index is -0.537. The minimum absolute atomic E-state index is 0.0420. The van der Waals surface area contributed by atoms with Crippen molar-refractivity contribution in [3.8, 4) is 5.88 Å². The molecule has 1 aliphatic carbocycles. The minimum Gasteiger partial charge on any atom is -0.472 e. The highest BCUT2D eigenvalue weighted by Gasteiger charge is 2.25. The molecule has 0 bridgehead atoms. The van der Waals surface area contributed by atoms with Gasteiger partial charge in [0.1, 0.15) is 5.69 Å². The molecule has 0 fully saturated rings. The van der Waals surface area contributed by atoms with Gasteiger partial charge >= 0.3 is 5.69 Å². The van der Waals surface area contributed by atoms with Gasteiger partial charge in [0.05, 0.1) is 11.5 Å². The second kappa shape index (κ2) is 6.17. The molecule has 0 aliphatic heterocycles. The molecule has 0 amide bonds. The second-order valence-corrected chi connectivity index (χ2v) is 5.32. The van der Waals surface area contributed by atoms with Crippen LogP contribution in [0.3, 0.4) is 0 Å². The molecule has 2 atom stereocenters. The first-order chi connectivity index (χ1) is 9.49. The summed E-state index contributed by atoms with van der Waals surface area (Å²) in [5.41, 5.74) is -0.00464. The van der Waals surface area contributed by atoms with Gasteiger partial charge in [-0.2, -0.15) is 4.98 Å². The Bertz CT molecular complexity index is 548. The number of nitro groups is 1. The average molecular weight is 298 g/mol. The molecule has 0 aromatic carbocycles. The average Bonchev–Trinajstić information content (AvgIpc) is 2.36. The van der Waals surface area contributed by atoms with E-state index in [9.17, 15) is 10.1 Å². The third-order valence-electron chi connectivity index (χ3n) is 3.53. The predicted octanol–water partition coefficient (Wildman–Crippen LogP) is 3.33. The van der Waals surface area contributed by atoms with Crippen LogP contribution in [0.2, 0.25) is 5.28 Å². The van der Waals surface area contributed by atoms with E-state index in [1.807, 2.05) is 0 Å². The lowest BCUT2D eigenvalue weighted by atomic mass is 9.85. The van der Waals surface area contributed by atoms with Crippen LogP contribution in [0, 0.1) is 28.9 Å². The summed E-state index contributed by atoms with van der Waals surface area (Å²) < 4.78 is 5.56. The molecule has 2 unspecified atom stereocenters. The molecule has 1 heterocycles. The Hall–Kier alpha value is -1.69. The van der Waals surface area contributed by atoms with Gasteiger partial charge in [0, 0.05) is 0 Å². The van der Waals surface area contributed by atoms with Crippen molar-refractivity contribution in [1.29, 1.82) is 0 Å². The lowest BCUT2D eigenvalue weighted by Gasteiger charge is -2.24. The summed E-state index contributed by atoms with van der Waals surface area (Å²) in [4.78, 5) is 18.1. The SMILES string of the molecule is Cc1nc(Cl)nc(OCC2CC=CCC2C)c1[N+](=O)[O-]. The Balaban J connectivity index is 2.16. The van der Waals surface area contributed by atoms with Crippen molar-refractivity contribution in [2.75, 3.05) is 6.61 Å². The van der Waals surface area contributed by atoms with Crippen molar-refractivity contribution in [3.05, 3.63) is 33.2 Å². The first-order valence-corrected chi connectivity index (χ1v) is 6.83. The Labute approximate surface area is 122 Å². The fourth-order valence-electron chi connectivity index (χ4n) is 2.24. The first-order valence-electron chi connectivity index (χ1n) is 6.45. The Morgan fingerprint density at radius 1 is 1.45 bits per heavy atom. The number of allylic oxidation sites excluding steroid dienone is 2. The highest BCUT2D eigenvalue weighted by atomic mass is 35.5. The van der Waals surface area contributed by atoms with E-state index < -0.39 is 4.92 Å². The molecule has 0 saturated carbocycles. The summed E-state index contributed by atoms with van der Waals surface area (Å²) in [6.45, 7) is 4.05. The van der Waals surface area contributed by atoms with Crippen LogP contribution in [0.25, 0.3) is 0 Å². The maximum atomic E-state index is 11.1. The zero-order chi connectivity index (χ0) is 14.7. The zero-order valence-corrected chi connectivity index (χ0v) is 12.1. The number of hydrogen-bond acceptors (Lipinski definition) is 5. The molecule has 0 radical (unpaired) electrons. The van der Waals surface area contributed by atoms with Gasteiger partial charge in [-0.15, -0.1) is 0 Å². The molecular formula is C13H16ClN3O3. The van der Waals surface area contributed by atoms with Gasteiger partial charge in [-0.3, -0.25) is 10.1 Å². The third kappa shape index (κ3) is 3.25. The molecule has 20 heavy (non-hydrogen) atoms. The monoisotopic (exact) mass is 297 g/mol. The van der Waals surface area contributed by atoms with Gasteiger partial charge in [0.2, 0.25) is 5.28 Å². The number of nitrogens with zero attached hydrogens (tertiary/aromatic N) is 3. The van der Waals surface area contributed by atoms with Gasteiger partial charge in [-0.1, -0.05) is 19.1 Å². The molecule has 1 aromatic heterocycles. The molecule has 108 valence electrons. The second-order valence-electron chi connectivity index (χ2n) is 4.98. The summed E-state index contributed by atoms with van der Waals surface area (Å²) in [7, 11) is 0. The lowest BCUT2D eigenvalue weighted by Crippen LogP contribution is -2.21. The Kier molecular flexibility index (Phi) is 4.54. The largest absolute Gasteiger partial charge is 0.472 e. The van der Waals surface area contributed by atoms with Crippen molar-refractivity contribution in [3.63, 3.8) is 0 Å². The molecule has 0 spiro atoms. The first kappa shape index (κ1) is 14.7. The van der Waals surface area contributed by atoms with E-state index in [1.54, 1.807) is 0 Å². The maximum Gasteiger partial charge on any atom is 0.352 e. The normalized spacial score (nSPS) is 21.8. The van der Waals surface area contributed by atoms with E-state index in [-0.39, 0.29) is 22.5 Å². The van der Waals surface area contributed by atoms with Crippen LogP contribution in [0.4, 0.5) is 5.69 Å². The molecular weight excluding hydrogens is 282 g/mol. The van der Waals surface area contributed by atoms with Crippen molar-refractivity contribution >= 4 is 17.3 Å². The van der Waals surface area contributed by atoms with Gasteiger partial charge in [-0.25, -0.2) is 4.98 Å². The molecule has 0 N–H and O–H groups in total. The Morgan fingerprint density at radius 3 is 2.80 bits per heavy atom. The number of ether oxygens (including phenoxy) is 1. The topological polar surface area (TPSA) is 78.2 Å². The van der Waals surface area contributed by atoms with E-state index in [0.29, 0.717) is 18.4 Å². The van der Waals surface area contributed by atoms with Gasteiger partial charge in [0.25, 0.3) is 5.88 Å². The number of aryl methyl sites for hydroxylation is 1. The molecule has 1 aliphatic rings. The lowest BCUT2D eigenvalue weighted by molar-refractivity contribution is -0.387. The van der Waals surface area contributed by atoms with Gasteiger partial charge in [0.15, 0.2) is 0 Å². The van der Waals surface area contributed by atoms with Crippen LogP contribution >= 0.6 is 11.6 Å². The van der Waals surface area contributed by atoms with Gasteiger partial charge < -0.3 is 4.74 Å². The van der Waals surface area contributed by atoms with Crippen LogP contribution in [-0.2, 0) is 0 Å². The summed E-state index contributed by atoms with van der Waals surface area (Å²) in [6.07, 6.45) is 6.17. The van der Waals surface area contributed by atoms with Crippen LogP contribution in [-0.4, -0.2) is 21.5 Å². The number of hydrogen-bond donors (Lipinski definition) is 0. The number of aromatic nitrogens is 2. The van der Waals surface area contributed by atoms with E-state index >= 15 is 0 Å². The fraction of sp³-hybridized carbons (Fsp3) is 0.538. The molecule has 1 aromatic rings. The van der Waals surface area contributed by atoms with Crippen molar-refractivity contribution in [2.24, 2.45) is 11.8 Å². The van der Waals surface area contributed by atoms with E-state index in [0.717, 1.165) is 12.8 Å². The van der Waals surface area contributed by atoms with Crippen LogP contribution < -0.4 is 4.74 Å². The fourth-order valence-corrected chi connectivity index (χ4v) is 2.45. The summed E-state index contributed by atoms with van der Waals surface area (Å²) in [5.74, 6) is 0.764. The summed E-state index contributed by atoms with van der Waals surface area (Å²) >= 11 is 5.74. The highest BCUT2D eigenvalue weighted by Crippen LogP contribution is 2.31. The zero-order valence-electron chi connectivity index (χ0n) is 11.4. The Morgan fingerprint density at radius 2 is 2.15 bits per heavy atom. The predicted molar refractivity (Wildman–Crippen MR) is 75.0 cm³/mol. The van der Waals surface area contributed by atoms with E-state index in [4.69, 9.17) is 16.3 Å². The third-order valence-corrected chi connectivity index (χ3v) is 3.70. The molecule has 0 saturated heterocycles. The molecule has 6 nitrogen and oxygen atoms in total. The summed E-state index contributed by atoms with van der Waals surface area (Å²) in [5, 5.41) is 11.0. The van der Waals surface area contributed by atoms with Crippen LogP contribution in [0.15, 0.2) is 12.2 Å². The molecule has 2 rings (SSSR count). The number of halogens is 1. The molecule has 7 heteroatoms. The smallest absolute Gasteiger partial charge is 0.352 e. The maximum absolute atomic E-state index is 11.1.